The van der Waals surface area contributed by atoms with Gasteiger partial charge in [-0.3, -0.25) is 9.59 Å². The molecule has 2 amide bonds. The van der Waals surface area contributed by atoms with Gasteiger partial charge in [0.05, 0.1) is 6.54 Å². The highest BCUT2D eigenvalue weighted by molar-refractivity contribution is 5.86. The molecule has 0 heterocycles. The van der Waals surface area contributed by atoms with E-state index in [2.05, 4.69) is 17.2 Å². The number of amides is 2. The summed E-state index contributed by atoms with van der Waals surface area (Å²) in [7, 11) is 0. The van der Waals surface area contributed by atoms with Crippen molar-refractivity contribution in [3.05, 3.63) is 12.7 Å². The quantitative estimate of drug-likeness (QED) is 0.617. The topological polar surface area (TPSA) is 58.2 Å². The van der Waals surface area contributed by atoms with Crippen molar-refractivity contribution in [3.63, 3.8) is 0 Å². The molecule has 1 aliphatic carbocycles. The van der Waals surface area contributed by atoms with Crippen LogP contribution in [0.4, 0.5) is 0 Å². The summed E-state index contributed by atoms with van der Waals surface area (Å²) < 4.78 is 0. The molecule has 1 rings (SSSR count). The number of hydrogen-bond acceptors (Lipinski definition) is 2. The van der Waals surface area contributed by atoms with E-state index in [4.69, 9.17) is 0 Å². The fraction of sp³-hybridized carbons (Fsp3) is 0.600. The molecular formula is C10H16N2O2. The Balaban J connectivity index is 2.09. The fourth-order valence-corrected chi connectivity index (χ4v) is 1.23. The zero-order valence-corrected chi connectivity index (χ0v) is 8.21. The monoisotopic (exact) mass is 196 g/mol. The third kappa shape index (κ3) is 3.20. The van der Waals surface area contributed by atoms with E-state index in [1.807, 2.05) is 0 Å². The third-order valence-electron chi connectivity index (χ3n) is 2.34. The van der Waals surface area contributed by atoms with Gasteiger partial charge >= 0.3 is 0 Å². The van der Waals surface area contributed by atoms with Gasteiger partial charge in [-0.1, -0.05) is 12.5 Å². The van der Waals surface area contributed by atoms with Crippen molar-refractivity contribution in [2.24, 2.45) is 5.92 Å². The van der Waals surface area contributed by atoms with Gasteiger partial charge in [0.2, 0.25) is 11.8 Å². The van der Waals surface area contributed by atoms with Crippen LogP contribution in [0.25, 0.3) is 0 Å². The molecule has 4 heteroatoms. The third-order valence-corrected chi connectivity index (χ3v) is 2.34. The van der Waals surface area contributed by atoms with Crippen LogP contribution in [-0.2, 0) is 9.59 Å². The minimum Gasteiger partial charge on any atom is -0.351 e. The molecule has 0 aliphatic heterocycles. The van der Waals surface area contributed by atoms with Gasteiger partial charge in [0.15, 0.2) is 0 Å². The van der Waals surface area contributed by atoms with E-state index in [-0.39, 0.29) is 24.3 Å². The van der Waals surface area contributed by atoms with E-state index in [9.17, 15) is 9.59 Å². The van der Waals surface area contributed by atoms with E-state index in [1.54, 1.807) is 6.08 Å². The van der Waals surface area contributed by atoms with Gasteiger partial charge in [0.1, 0.15) is 0 Å². The lowest BCUT2D eigenvalue weighted by atomic mass is 9.85. The molecule has 4 nitrogen and oxygen atoms in total. The highest BCUT2D eigenvalue weighted by atomic mass is 16.2. The first-order valence-electron chi connectivity index (χ1n) is 4.89. The van der Waals surface area contributed by atoms with Crippen molar-refractivity contribution in [2.45, 2.75) is 19.3 Å². The van der Waals surface area contributed by atoms with Gasteiger partial charge < -0.3 is 10.6 Å². The number of hydrogen-bond donors (Lipinski definition) is 2. The summed E-state index contributed by atoms with van der Waals surface area (Å²) in [6, 6.07) is 0. The molecule has 2 N–H and O–H groups in total. The first-order valence-corrected chi connectivity index (χ1v) is 4.89. The van der Waals surface area contributed by atoms with Crippen LogP contribution in [0.3, 0.4) is 0 Å². The van der Waals surface area contributed by atoms with Crippen LogP contribution >= 0.6 is 0 Å². The molecule has 0 atom stereocenters. The Morgan fingerprint density at radius 3 is 2.57 bits per heavy atom. The number of rotatable bonds is 5. The summed E-state index contributed by atoms with van der Waals surface area (Å²) in [5.41, 5.74) is 0. The van der Waals surface area contributed by atoms with Gasteiger partial charge in [-0.15, -0.1) is 6.58 Å². The highest BCUT2D eigenvalue weighted by Crippen LogP contribution is 2.25. The normalized spacial score (nSPS) is 15.4. The largest absolute Gasteiger partial charge is 0.351 e. The molecular weight excluding hydrogens is 180 g/mol. The van der Waals surface area contributed by atoms with Gasteiger partial charge in [-0.05, 0) is 12.8 Å². The second-order valence-electron chi connectivity index (χ2n) is 3.44. The van der Waals surface area contributed by atoms with Crippen LogP contribution < -0.4 is 10.6 Å². The van der Waals surface area contributed by atoms with Crippen molar-refractivity contribution in [2.75, 3.05) is 13.1 Å². The van der Waals surface area contributed by atoms with Crippen LogP contribution in [0.15, 0.2) is 12.7 Å². The minimum atomic E-state index is -0.169. The van der Waals surface area contributed by atoms with Gasteiger partial charge in [-0.25, -0.2) is 0 Å². The second kappa shape index (κ2) is 5.42. The van der Waals surface area contributed by atoms with E-state index >= 15 is 0 Å². The van der Waals surface area contributed by atoms with Crippen molar-refractivity contribution >= 4 is 11.8 Å². The Bertz CT molecular complexity index is 234. The molecule has 0 saturated heterocycles. The molecule has 0 aromatic rings. The second-order valence-corrected chi connectivity index (χ2v) is 3.44. The predicted molar refractivity (Wildman–Crippen MR) is 53.6 cm³/mol. The van der Waals surface area contributed by atoms with E-state index in [0.29, 0.717) is 6.54 Å². The van der Waals surface area contributed by atoms with Crippen LogP contribution in [0.5, 0.6) is 0 Å². The smallest absolute Gasteiger partial charge is 0.239 e. The number of carbonyl (C=O) groups excluding carboxylic acids is 2. The molecule has 0 spiro atoms. The number of nitrogens with one attached hydrogen (secondary N) is 2. The average molecular weight is 196 g/mol. The lowest BCUT2D eigenvalue weighted by Gasteiger charge is -2.23. The highest BCUT2D eigenvalue weighted by Gasteiger charge is 2.24. The van der Waals surface area contributed by atoms with Gasteiger partial charge in [0, 0.05) is 12.5 Å². The number of carbonyl (C=O) groups is 2. The summed E-state index contributed by atoms with van der Waals surface area (Å²) in [6.07, 6.45) is 4.65. The standard InChI is InChI=1S/C10H16N2O2/c1-2-6-11-9(13)7-12-10(14)8-4-3-5-8/h2,8H,1,3-7H2,(H,11,13)(H,12,14). The summed E-state index contributed by atoms with van der Waals surface area (Å²) in [4.78, 5) is 22.4. The molecule has 0 unspecified atom stereocenters. The zero-order valence-electron chi connectivity index (χ0n) is 8.21. The molecule has 1 saturated carbocycles. The predicted octanol–water partition coefficient (Wildman–Crippen LogP) is 0.205. The van der Waals surface area contributed by atoms with Gasteiger partial charge in [-0.2, -0.15) is 0 Å². The molecule has 0 aromatic heterocycles. The summed E-state index contributed by atoms with van der Waals surface area (Å²) >= 11 is 0. The Labute approximate surface area is 83.8 Å². The van der Waals surface area contributed by atoms with Crippen LogP contribution in [0.2, 0.25) is 0 Å². The van der Waals surface area contributed by atoms with Crippen LogP contribution in [0.1, 0.15) is 19.3 Å². The molecule has 1 fully saturated rings. The summed E-state index contributed by atoms with van der Waals surface area (Å²) in [5, 5.41) is 5.20. The van der Waals surface area contributed by atoms with Crippen molar-refractivity contribution in [3.8, 4) is 0 Å². The maximum Gasteiger partial charge on any atom is 0.239 e. The Morgan fingerprint density at radius 1 is 1.36 bits per heavy atom. The maximum atomic E-state index is 11.3. The lowest BCUT2D eigenvalue weighted by Crippen LogP contribution is -2.41. The fourth-order valence-electron chi connectivity index (χ4n) is 1.23. The Morgan fingerprint density at radius 2 is 2.07 bits per heavy atom. The van der Waals surface area contributed by atoms with Crippen molar-refractivity contribution < 1.29 is 9.59 Å². The van der Waals surface area contributed by atoms with E-state index in [1.165, 1.54) is 0 Å². The van der Waals surface area contributed by atoms with Crippen molar-refractivity contribution in [1.29, 1.82) is 0 Å². The SMILES string of the molecule is C=CCNC(=O)CNC(=O)C1CCC1. The van der Waals surface area contributed by atoms with Crippen molar-refractivity contribution in [1.82, 2.24) is 10.6 Å². The van der Waals surface area contributed by atoms with E-state index < -0.39 is 0 Å². The molecule has 0 radical (unpaired) electrons. The Kier molecular flexibility index (Phi) is 4.16. The Hall–Kier alpha value is -1.32. The first-order chi connectivity index (χ1) is 6.74. The molecule has 0 bridgehead atoms. The van der Waals surface area contributed by atoms with E-state index in [0.717, 1.165) is 19.3 Å². The molecule has 14 heavy (non-hydrogen) atoms. The zero-order chi connectivity index (χ0) is 10.4. The summed E-state index contributed by atoms with van der Waals surface area (Å²) in [6.45, 7) is 3.99. The maximum absolute atomic E-state index is 11.3. The minimum absolute atomic E-state index is 0.00463. The van der Waals surface area contributed by atoms with Crippen LogP contribution in [0, 0.1) is 5.92 Å². The average Bonchev–Trinajstić information content (AvgIpc) is 2.08. The first kappa shape index (κ1) is 10.8. The van der Waals surface area contributed by atoms with Crippen LogP contribution in [-0.4, -0.2) is 24.9 Å². The summed E-state index contributed by atoms with van der Waals surface area (Å²) in [5.74, 6) is -0.0234. The molecule has 78 valence electrons. The molecule has 1 aliphatic rings. The van der Waals surface area contributed by atoms with Gasteiger partial charge in [0.25, 0.3) is 0 Å². The lowest BCUT2D eigenvalue weighted by molar-refractivity contribution is -0.130. The molecule has 0 aromatic carbocycles.